The molecular formula is C24H28FN3O4. The number of halogens is 1. The van der Waals surface area contributed by atoms with Gasteiger partial charge in [0, 0.05) is 37.3 Å². The second-order valence-corrected chi connectivity index (χ2v) is 8.22. The van der Waals surface area contributed by atoms with E-state index >= 15 is 0 Å². The van der Waals surface area contributed by atoms with Gasteiger partial charge < -0.3 is 15.4 Å². The van der Waals surface area contributed by atoms with Gasteiger partial charge in [0.15, 0.2) is 12.4 Å². The van der Waals surface area contributed by atoms with Crippen LogP contribution in [0.25, 0.3) is 0 Å². The minimum absolute atomic E-state index is 0.0431. The number of piperazine rings is 1. The monoisotopic (exact) mass is 441 g/mol. The number of Topliss-reactive ketones (excluding diaryl/α,β-unsaturated/α-hetero) is 1. The van der Waals surface area contributed by atoms with Gasteiger partial charge in [0.2, 0.25) is 0 Å². The van der Waals surface area contributed by atoms with E-state index in [2.05, 4.69) is 4.90 Å². The Morgan fingerprint density at radius 1 is 1.06 bits per heavy atom. The van der Waals surface area contributed by atoms with Crippen molar-refractivity contribution in [3.8, 4) is 5.75 Å². The fourth-order valence-electron chi connectivity index (χ4n) is 3.88. The molecular weight excluding hydrogens is 413 g/mol. The first-order chi connectivity index (χ1) is 15.2. The average molecular weight is 442 g/mol. The lowest BCUT2D eigenvalue weighted by atomic mass is 10.1. The average Bonchev–Trinajstić information content (AvgIpc) is 2.75. The zero-order valence-corrected chi connectivity index (χ0v) is 18.5. The number of carbonyl (C=O) groups is 3. The standard InChI is InChI=1S/C24H28FN3O4/c1-15-12-28(16(2)11-27(15)13-18-4-7-20(25)8-5-18)23(30)14-32-22-9-6-19(17(3)29)10-21(22)24(26)31/h4-10,15-16H,11-14H2,1-3H3,(H2,26,31)/t15-,16+/m1/s1. The molecule has 1 saturated heterocycles. The molecule has 1 fully saturated rings. The minimum Gasteiger partial charge on any atom is -0.483 e. The topological polar surface area (TPSA) is 92.9 Å². The van der Waals surface area contributed by atoms with Crippen molar-refractivity contribution in [2.75, 3.05) is 19.7 Å². The molecule has 2 amide bonds. The smallest absolute Gasteiger partial charge is 0.260 e. The maximum atomic E-state index is 13.2. The molecule has 0 spiro atoms. The van der Waals surface area contributed by atoms with Crippen molar-refractivity contribution in [1.29, 1.82) is 0 Å². The number of rotatable bonds is 7. The van der Waals surface area contributed by atoms with E-state index in [0.29, 0.717) is 25.2 Å². The third-order valence-electron chi connectivity index (χ3n) is 5.74. The number of ether oxygens (including phenoxy) is 1. The van der Waals surface area contributed by atoms with Crippen molar-refractivity contribution >= 4 is 17.6 Å². The highest BCUT2D eigenvalue weighted by molar-refractivity contribution is 6.00. The van der Waals surface area contributed by atoms with Crippen LogP contribution in [0.15, 0.2) is 42.5 Å². The summed E-state index contributed by atoms with van der Waals surface area (Å²) >= 11 is 0. The highest BCUT2D eigenvalue weighted by Crippen LogP contribution is 2.22. The number of nitrogens with two attached hydrogens (primary N) is 1. The van der Waals surface area contributed by atoms with Crippen LogP contribution in [0.3, 0.4) is 0 Å². The quantitative estimate of drug-likeness (QED) is 0.667. The Bertz CT molecular complexity index is 1010. The minimum atomic E-state index is -0.730. The molecule has 0 bridgehead atoms. The molecule has 0 saturated carbocycles. The van der Waals surface area contributed by atoms with Gasteiger partial charge >= 0.3 is 0 Å². The zero-order chi connectivity index (χ0) is 23.4. The fraction of sp³-hybridized carbons (Fsp3) is 0.375. The Hall–Kier alpha value is -3.26. The summed E-state index contributed by atoms with van der Waals surface area (Å²) in [6, 6.07) is 10.9. The van der Waals surface area contributed by atoms with E-state index in [4.69, 9.17) is 10.5 Å². The summed E-state index contributed by atoms with van der Waals surface area (Å²) in [6.07, 6.45) is 0. The Morgan fingerprint density at radius 2 is 1.75 bits per heavy atom. The molecule has 2 N–H and O–H groups in total. The maximum Gasteiger partial charge on any atom is 0.260 e. The molecule has 32 heavy (non-hydrogen) atoms. The number of benzene rings is 2. The fourth-order valence-corrected chi connectivity index (χ4v) is 3.88. The third kappa shape index (κ3) is 5.50. The van der Waals surface area contributed by atoms with E-state index in [-0.39, 0.29) is 47.5 Å². The molecule has 7 nitrogen and oxygen atoms in total. The van der Waals surface area contributed by atoms with Gasteiger partial charge in [-0.3, -0.25) is 19.3 Å². The Labute approximate surface area is 186 Å². The Kier molecular flexibility index (Phi) is 7.25. The molecule has 8 heteroatoms. The van der Waals surface area contributed by atoms with Gasteiger partial charge in [0.05, 0.1) is 5.56 Å². The summed E-state index contributed by atoms with van der Waals surface area (Å²) in [7, 11) is 0. The molecule has 2 atom stereocenters. The zero-order valence-electron chi connectivity index (χ0n) is 18.5. The molecule has 170 valence electrons. The van der Waals surface area contributed by atoms with E-state index in [9.17, 15) is 18.8 Å². The summed E-state index contributed by atoms with van der Waals surface area (Å²) in [5, 5.41) is 0. The van der Waals surface area contributed by atoms with Crippen LogP contribution < -0.4 is 10.5 Å². The number of carbonyl (C=O) groups excluding carboxylic acids is 3. The molecule has 0 aromatic heterocycles. The van der Waals surface area contributed by atoms with Crippen LogP contribution in [0.4, 0.5) is 4.39 Å². The van der Waals surface area contributed by atoms with Gasteiger partial charge in [-0.2, -0.15) is 0 Å². The lowest BCUT2D eigenvalue weighted by molar-refractivity contribution is -0.139. The Balaban J connectivity index is 1.62. The predicted molar refractivity (Wildman–Crippen MR) is 118 cm³/mol. The van der Waals surface area contributed by atoms with Crippen LogP contribution in [-0.4, -0.2) is 59.2 Å². The first kappa shape index (κ1) is 23.4. The first-order valence-electron chi connectivity index (χ1n) is 10.5. The van der Waals surface area contributed by atoms with Gasteiger partial charge in [0.25, 0.3) is 11.8 Å². The van der Waals surface area contributed by atoms with Gasteiger partial charge in [-0.05, 0) is 56.7 Å². The predicted octanol–water partition coefficient (Wildman–Crippen LogP) is 2.63. The SMILES string of the molecule is CC(=O)c1ccc(OCC(=O)N2C[C@@H](C)N(Cc3ccc(F)cc3)C[C@@H]2C)c(C(N)=O)c1. The first-order valence-corrected chi connectivity index (χ1v) is 10.5. The maximum absolute atomic E-state index is 13.2. The van der Waals surface area contributed by atoms with E-state index in [1.54, 1.807) is 17.0 Å². The van der Waals surface area contributed by atoms with Gasteiger partial charge in [0.1, 0.15) is 11.6 Å². The summed E-state index contributed by atoms with van der Waals surface area (Å²) in [4.78, 5) is 40.2. The second kappa shape index (κ2) is 9.91. The Morgan fingerprint density at radius 3 is 2.38 bits per heavy atom. The number of primary amides is 1. The van der Waals surface area contributed by atoms with Crippen LogP contribution in [0.5, 0.6) is 5.75 Å². The van der Waals surface area contributed by atoms with E-state index in [1.165, 1.54) is 37.3 Å². The van der Waals surface area contributed by atoms with Crippen molar-refractivity contribution in [2.45, 2.75) is 39.4 Å². The summed E-state index contributed by atoms with van der Waals surface area (Å²) in [6.45, 7) is 7.03. The van der Waals surface area contributed by atoms with Crippen LogP contribution >= 0.6 is 0 Å². The van der Waals surface area contributed by atoms with Crippen LogP contribution in [-0.2, 0) is 11.3 Å². The summed E-state index contributed by atoms with van der Waals surface area (Å²) in [5.41, 5.74) is 6.83. The summed E-state index contributed by atoms with van der Waals surface area (Å²) in [5.74, 6) is -1.22. The van der Waals surface area contributed by atoms with E-state index in [1.807, 2.05) is 13.8 Å². The lowest BCUT2D eigenvalue weighted by Gasteiger charge is -2.44. The molecule has 0 radical (unpaired) electrons. The molecule has 2 aromatic rings. The van der Waals surface area contributed by atoms with Crippen LogP contribution in [0, 0.1) is 5.82 Å². The van der Waals surface area contributed by atoms with Crippen molar-refractivity contribution < 1.29 is 23.5 Å². The molecule has 2 aromatic carbocycles. The molecule has 1 aliphatic heterocycles. The number of hydrogen-bond donors (Lipinski definition) is 1. The summed E-state index contributed by atoms with van der Waals surface area (Å²) < 4.78 is 18.8. The van der Waals surface area contributed by atoms with Crippen LogP contribution in [0.1, 0.15) is 47.1 Å². The number of nitrogens with zero attached hydrogens (tertiary/aromatic N) is 2. The van der Waals surface area contributed by atoms with E-state index < -0.39 is 5.91 Å². The molecule has 0 aliphatic carbocycles. The number of ketones is 1. The third-order valence-corrected chi connectivity index (χ3v) is 5.74. The van der Waals surface area contributed by atoms with Gasteiger partial charge in [-0.1, -0.05) is 12.1 Å². The van der Waals surface area contributed by atoms with Gasteiger partial charge in [-0.15, -0.1) is 0 Å². The normalized spacial score (nSPS) is 18.9. The van der Waals surface area contributed by atoms with Crippen molar-refractivity contribution in [3.63, 3.8) is 0 Å². The van der Waals surface area contributed by atoms with E-state index in [0.717, 1.165) is 5.56 Å². The number of amides is 2. The van der Waals surface area contributed by atoms with Gasteiger partial charge in [-0.25, -0.2) is 4.39 Å². The number of hydrogen-bond acceptors (Lipinski definition) is 5. The van der Waals surface area contributed by atoms with Crippen LogP contribution in [0.2, 0.25) is 0 Å². The van der Waals surface area contributed by atoms with Crippen molar-refractivity contribution in [1.82, 2.24) is 9.80 Å². The molecule has 1 heterocycles. The van der Waals surface area contributed by atoms with Crippen molar-refractivity contribution in [3.05, 3.63) is 65.0 Å². The molecule has 3 rings (SSSR count). The second-order valence-electron chi connectivity index (χ2n) is 8.22. The molecule has 0 unspecified atom stereocenters. The van der Waals surface area contributed by atoms with Crippen molar-refractivity contribution in [2.24, 2.45) is 5.73 Å². The molecule has 1 aliphatic rings. The highest BCUT2D eigenvalue weighted by atomic mass is 19.1. The highest BCUT2D eigenvalue weighted by Gasteiger charge is 2.32. The lowest BCUT2D eigenvalue weighted by Crippen LogP contribution is -2.58. The largest absolute Gasteiger partial charge is 0.483 e.